The van der Waals surface area contributed by atoms with Crippen LogP contribution in [0.2, 0.25) is 0 Å². The molecule has 0 amide bonds. The van der Waals surface area contributed by atoms with Crippen LogP contribution >= 0.6 is 0 Å². The zero-order valence-corrected chi connectivity index (χ0v) is 5.71. The van der Waals surface area contributed by atoms with Gasteiger partial charge in [0, 0.05) is 28.4 Å². The van der Waals surface area contributed by atoms with Gasteiger partial charge in [-0.3, -0.25) is 0 Å². The van der Waals surface area contributed by atoms with Crippen molar-refractivity contribution in [3.63, 3.8) is 0 Å². The third kappa shape index (κ3) is 2.40. The van der Waals surface area contributed by atoms with E-state index < -0.39 is 0 Å². The molecule has 0 saturated carbocycles. The van der Waals surface area contributed by atoms with Gasteiger partial charge in [0.05, 0.1) is 0 Å². The topological polar surface area (TPSA) is 52.0 Å². The number of nitrogens with two attached hydrogens (primary N) is 2. The predicted octanol–water partition coefficient (Wildman–Crippen LogP) is 0.849. The monoisotopic (exact) mass is 171 g/mol. The van der Waals surface area contributed by atoms with Gasteiger partial charge < -0.3 is 11.5 Å². The molecule has 4 N–H and O–H groups in total. The Morgan fingerprint density at radius 3 is 1.22 bits per heavy atom. The molecule has 0 fully saturated rings. The van der Waals surface area contributed by atoms with Gasteiger partial charge in [0.25, 0.3) is 0 Å². The zero-order chi connectivity index (χ0) is 5.98. The molecule has 53 valence electrons. The molecule has 3 heteroatoms. The van der Waals surface area contributed by atoms with Crippen LogP contribution in [0.25, 0.3) is 0 Å². The van der Waals surface area contributed by atoms with Crippen LogP contribution in [0.4, 0.5) is 11.4 Å². The second-order valence-electron chi connectivity index (χ2n) is 1.67. The number of benzene rings is 1. The first-order valence-electron chi connectivity index (χ1n) is 2.40. The normalized spacial score (nSPS) is 8.00. The summed E-state index contributed by atoms with van der Waals surface area (Å²) >= 11 is 0. The van der Waals surface area contributed by atoms with Gasteiger partial charge in [-0.2, -0.15) is 0 Å². The van der Waals surface area contributed by atoms with Crippen LogP contribution in [0.3, 0.4) is 0 Å². The van der Waals surface area contributed by atoms with Crippen molar-refractivity contribution in [2.75, 3.05) is 11.5 Å². The van der Waals surface area contributed by atoms with Gasteiger partial charge in [-0.15, -0.1) is 0 Å². The maximum absolute atomic E-state index is 5.37. The third-order valence-corrected chi connectivity index (χ3v) is 0.936. The minimum atomic E-state index is 0. The Balaban J connectivity index is 0.000000640. The molecular formula is C6H8CuN2. The van der Waals surface area contributed by atoms with Gasteiger partial charge in [0.1, 0.15) is 0 Å². The number of rotatable bonds is 0. The fourth-order valence-corrected chi connectivity index (χ4v) is 0.496. The van der Waals surface area contributed by atoms with E-state index in [2.05, 4.69) is 0 Å². The van der Waals surface area contributed by atoms with Crippen molar-refractivity contribution in [3.8, 4) is 0 Å². The molecule has 1 radical (unpaired) electrons. The van der Waals surface area contributed by atoms with Crippen molar-refractivity contribution in [3.05, 3.63) is 24.3 Å². The van der Waals surface area contributed by atoms with E-state index in [4.69, 9.17) is 11.5 Å². The summed E-state index contributed by atoms with van der Waals surface area (Å²) in [4.78, 5) is 0. The second kappa shape index (κ2) is 3.38. The summed E-state index contributed by atoms with van der Waals surface area (Å²) in [5.41, 5.74) is 12.2. The molecule has 0 aliphatic heterocycles. The molecular weight excluding hydrogens is 164 g/mol. The molecule has 0 atom stereocenters. The van der Waals surface area contributed by atoms with E-state index in [1.54, 1.807) is 24.3 Å². The number of hydrogen-bond acceptors (Lipinski definition) is 2. The number of hydrogen-bond donors (Lipinski definition) is 2. The van der Waals surface area contributed by atoms with Crippen molar-refractivity contribution in [1.82, 2.24) is 0 Å². The summed E-state index contributed by atoms with van der Waals surface area (Å²) < 4.78 is 0. The molecule has 1 aromatic carbocycles. The van der Waals surface area contributed by atoms with Gasteiger partial charge in [0.15, 0.2) is 0 Å². The van der Waals surface area contributed by atoms with E-state index in [1.807, 2.05) is 0 Å². The van der Waals surface area contributed by atoms with E-state index in [1.165, 1.54) is 0 Å². The van der Waals surface area contributed by atoms with Gasteiger partial charge >= 0.3 is 0 Å². The van der Waals surface area contributed by atoms with Crippen LogP contribution in [-0.2, 0) is 17.1 Å². The Morgan fingerprint density at radius 2 is 1.00 bits per heavy atom. The first-order valence-corrected chi connectivity index (χ1v) is 2.40. The standard InChI is InChI=1S/C6H8N2.Cu/c7-5-1-2-6(8)4-3-5;/h1-4H,7-8H2;. The number of nitrogen functional groups attached to an aromatic ring is 2. The average Bonchev–Trinajstić information content (AvgIpc) is 1.77. The molecule has 0 spiro atoms. The van der Waals surface area contributed by atoms with E-state index in [0.29, 0.717) is 0 Å². The third-order valence-electron chi connectivity index (χ3n) is 0.936. The van der Waals surface area contributed by atoms with Gasteiger partial charge in [-0.1, -0.05) is 0 Å². The molecule has 0 heterocycles. The summed E-state index contributed by atoms with van der Waals surface area (Å²) in [6.07, 6.45) is 0. The maximum atomic E-state index is 5.37. The predicted molar refractivity (Wildman–Crippen MR) is 35.3 cm³/mol. The minimum absolute atomic E-state index is 0. The first kappa shape index (κ1) is 8.34. The molecule has 0 aliphatic rings. The van der Waals surface area contributed by atoms with E-state index >= 15 is 0 Å². The van der Waals surface area contributed by atoms with Crippen LogP contribution in [-0.4, -0.2) is 0 Å². The van der Waals surface area contributed by atoms with Crippen molar-refractivity contribution in [1.29, 1.82) is 0 Å². The van der Waals surface area contributed by atoms with Crippen LogP contribution in [0.1, 0.15) is 0 Å². The largest absolute Gasteiger partial charge is 0.399 e. The van der Waals surface area contributed by atoms with E-state index in [0.717, 1.165) is 11.4 Å². The molecule has 1 aromatic rings. The van der Waals surface area contributed by atoms with Crippen molar-refractivity contribution >= 4 is 11.4 Å². The van der Waals surface area contributed by atoms with E-state index in [9.17, 15) is 0 Å². The van der Waals surface area contributed by atoms with Crippen LogP contribution < -0.4 is 11.5 Å². The quantitative estimate of drug-likeness (QED) is 0.449. The van der Waals surface area contributed by atoms with E-state index in [-0.39, 0.29) is 17.1 Å². The summed E-state index contributed by atoms with van der Waals surface area (Å²) in [5, 5.41) is 0. The molecule has 0 unspecified atom stereocenters. The molecule has 1 rings (SSSR count). The van der Waals surface area contributed by atoms with Crippen LogP contribution in [0, 0.1) is 0 Å². The first-order chi connectivity index (χ1) is 3.79. The smallest absolute Gasteiger partial charge is 0.0315 e. The van der Waals surface area contributed by atoms with Crippen molar-refractivity contribution in [2.45, 2.75) is 0 Å². The number of anilines is 2. The molecule has 2 nitrogen and oxygen atoms in total. The van der Waals surface area contributed by atoms with Gasteiger partial charge in [0.2, 0.25) is 0 Å². The molecule has 9 heavy (non-hydrogen) atoms. The molecule has 0 aromatic heterocycles. The van der Waals surface area contributed by atoms with Gasteiger partial charge in [-0.25, -0.2) is 0 Å². The Kier molecular flexibility index (Phi) is 3.13. The van der Waals surface area contributed by atoms with Crippen LogP contribution in [0.15, 0.2) is 24.3 Å². The molecule has 0 aliphatic carbocycles. The Morgan fingerprint density at radius 1 is 0.778 bits per heavy atom. The summed E-state index contributed by atoms with van der Waals surface area (Å²) in [5.74, 6) is 0. The second-order valence-corrected chi connectivity index (χ2v) is 1.67. The van der Waals surface area contributed by atoms with Gasteiger partial charge in [-0.05, 0) is 24.3 Å². The fourth-order valence-electron chi connectivity index (χ4n) is 0.496. The summed E-state index contributed by atoms with van der Waals surface area (Å²) in [6, 6.07) is 7.09. The minimum Gasteiger partial charge on any atom is -0.399 e. The molecule has 0 bridgehead atoms. The molecule has 0 saturated heterocycles. The summed E-state index contributed by atoms with van der Waals surface area (Å²) in [7, 11) is 0. The van der Waals surface area contributed by atoms with Crippen LogP contribution in [0.5, 0.6) is 0 Å². The summed E-state index contributed by atoms with van der Waals surface area (Å²) in [6.45, 7) is 0. The Hall–Kier alpha value is -0.661. The van der Waals surface area contributed by atoms with Crippen molar-refractivity contribution < 1.29 is 17.1 Å². The average molecular weight is 172 g/mol. The SMILES string of the molecule is Nc1ccc(N)cc1.[Cu]. The maximum Gasteiger partial charge on any atom is 0.0315 e. The van der Waals surface area contributed by atoms with Crippen molar-refractivity contribution in [2.24, 2.45) is 0 Å². The Labute approximate surface area is 64.7 Å². The fraction of sp³-hybridized carbons (Fsp3) is 0. The zero-order valence-electron chi connectivity index (χ0n) is 4.77. The Bertz CT molecular complexity index is 150.